The molecule has 0 spiro atoms. The quantitative estimate of drug-likeness (QED) is 0.801. The highest BCUT2D eigenvalue weighted by atomic mass is 32.1. The van der Waals surface area contributed by atoms with E-state index in [1.54, 1.807) is 0 Å². The minimum atomic E-state index is 0.560. The summed E-state index contributed by atoms with van der Waals surface area (Å²) in [4.78, 5) is 2.79. The molecule has 0 atom stereocenters. The fourth-order valence-electron chi connectivity index (χ4n) is 1.31. The highest BCUT2D eigenvalue weighted by Gasteiger charge is 1.97. The average Bonchev–Trinajstić information content (AvgIpc) is 2.39. The summed E-state index contributed by atoms with van der Waals surface area (Å²) in [5.74, 6) is 0. The first-order valence-electron chi connectivity index (χ1n) is 5.06. The zero-order chi connectivity index (χ0) is 10.6. The predicted molar refractivity (Wildman–Crippen MR) is 66.0 cm³/mol. The van der Waals surface area contributed by atoms with Crippen LogP contribution >= 0.6 is 11.3 Å². The van der Waals surface area contributed by atoms with Gasteiger partial charge in [0.2, 0.25) is 0 Å². The molecule has 0 fully saturated rings. The maximum absolute atomic E-state index is 3.36. The Morgan fingerprint density at radius 2 is 2.14 bits per heavy atom. The van der Waals surface area contributed by atoms with Gasteiger partial charge < -0.3 is 5.32 Å². The third-order valence-electron chi connectivity index (χ3n) is 2.02. The molecule has 0 radical (unpaired) electrons. The molecule has 1 nitrogen and oxygen atoms in total. The van der Waals surface area contributed by atoms with Crippen LogP contribution in [0.1, 0.15) is 29.2 Å². The zero-order valence-electron chi connectivity index (χ0n) is 9.42. The Morgan fingerprint density at radius 1 is 1.43 bits per heavy atom. The van der Waals surface area contributed by atoms with E-state index in [1.807, 2.05) is 11.3 Å². The van der Waals surface area contributed by atoms with E-state index in [9.17, 15) is 0 Å². The van der Waals surface area contributed by atoms with Crippen LogP contribution in [0.15, 0.2) is 12.1 Å². The van der Waals surface area contributed by atoms with Crippen molar-refractivity contribution in [1.82, 2.24) is 5.32 Å². The van der Waals surface area contributed by atoms with Crippen molar-refractivity contribution in [2.75, 3.05) is 6.54 Å². The van der Waals surface area contributed by atoms with Gasteiger partial charge in [-0.05, 0) is 25.5 Å². The standard InChI is InChI=1S/C12H19NS/c1-9(2)13-7-5-6-12-8-10(3)14-11(12)4/h5-6,8-9,13H,7H2,1-4H3. The SMILES string of the molecule is Cc1cc(C=CCNC(C)C)c(C)s1. The molecule has 1 aromatic heterocycles. The largest absolute Gasteiger partial charge is 0.311 e. The molecule has 0 aliphatic carbocycles. The van der Waals surface area contributed by atoms with Crippen molar-refractivity contribution in [3.8, 4) is 0 Å². The number of nitrogens with one attached hydrogen (secondary N) is 1. The molecule has 1 aromatic rings. The molecule has 1 heterocycles. The second kappa shape index (κ2) is 5.32. The molecule has 78 valence electrons. The average molecular weight is 209 g/mol. The molecule has 1 rings (SSSR count). The fraction of sp³-hybridized carbons (Fsp3) is 0.500. The van der Waals surface area contributed by atoms with Gasteiger partial charge in [-0.3, -0.25) is 0 Å². The predicted octanol–water partition coefficient (Wildman–Crippen LogP) is 3.38. The molecule has 2 heteroatoms. The van der Waals surface area contributed by atoms with Crippen LogP contribution in [0, 0.1) is 13.8 Å². The molecule has 0 aliphatic heterocycles. The Morgan fingerprint density at radius 3 is 2.64 bits per heavy atom. The van der Waals surface area contributed by atoms with Crippen LogP contribution < -0.4 is 5.32 Å². The highest BCUT2D eigenvalue weighted by molar-refractivity contribution is 7.12. The van der Waals surface area contributed by atoms with Crippen LogP contribution in [0.3, 0.4) is 0 Å². The molecule has 0 aromatic carbocycles. The lowest BCUT2D eigenvalue weighted by atomic mass is 10.2. The third kappa shape index (κ3) is 3.64. The first-order chi connectivity index (χ1) is 6.59. The molecular weight excluding hydrogens is 190 g/mol. The smallest absolute Gasteiger partial charge is 0.0140 e. The number of hydrogen-bond acceptors (Lipinski definition) is 2. The Kier molecular flexibility index (Phi) is 4.36. The Balaban J connectivity index is 2.47. The van der Waals surface area contributed by atoms with Gasteiger partial charge in [-0.1, -0.05) is 26.0 Å². The summed E-state index contributed by atoms with van der Waals surface area (Å²) in [6.07, 6.45) is 4.39. The van der Waals surface area contributed by atoms with E-state index in [0.29, 0.717) is 6.04 Å². The van der Waals surface area contributed by atoms with Gasteiger partial charge in [-0.15, -0.1) is 11.3 Å². The van der Waals surface area contributed by atoms with E-state index in [-0.39, 0.29) is 0 Å². The number of hydrogen-bond donors (Lipinski definition) is 1. The monoisotopic (exact) mass is 209 g/mol. The topological polar surface area (TPSA) is 12.0 Å². The van der Waals surface area contributed by atoms with Crippen molar-refractivity contribution in [2.45, 2.75) is 33.7 Å². The van der Waals surface area contributed by atoms with Crippen molar-refractivity contribution >= 4 is 17.4 Å². The van der Waals surface area contributed by atoms with Crippen molar-refractivity contribution in [1.29, 1.82) is 0 Å². The number of thiophene rings is 1. The summed E-state index contributed by atoms with van der Waals surface area (Å²) >= 11 is 1.86. The van der Waals surface area contributed by atoms with Gasteiger partial charge in [0.15, 0.2) is 0 Å². The lowest BCUT2D eigenvalue weighted by Crippen LogP contribution is -2.22. The lowest BCUT2D eigenvalue weighted by Gasteiger charge is -2.03. The van der Waals surface area contributed by atoms with E-state index in [1.165, 1.54) is 15.3 Å². The Bertz CT molecular complexity index is 310. The van der Waals surface area contributed by atoms with Crippen LogP contribution in [0.2, 0.25) is 0 Å². The lowest BCUT2D eigenvalue weighted by molar-refractivity contribution is 0.633. The van der Waals surface area contributed by atoms with Crippen molar-refractivity contribution in [3.63, 3.8) is 0 Å². The highest BCUT2D eigenvalue weighted by Crippen LogP contribution is 2.21. The number of rotatable bonds is 4. The van der Waals surface area contributed by atoms with Crippen LogP contribution in [-0.4, -0.2) is 12.6 Å². The van der Waals surface area contributed by atoms with Gasteiger partial charge in [-0.25, -0.2) is 0 Å². The third-order valence-corrected chi connectivity index (χ3v) is 3.00. The maximum atomic E-state index is 3.36. The summed E-state index contributed by atoms with van der Waals surface area (Å²) in [7, 11) is 0. The molecule has 0 unspecified atom stereocenters. The van der Waals surface area contributed by atoms with Crippen molar-refractivity contribution in [3.05, 3.63) is 27.5 Å². The summed E-state index contributed by atoms with van der Waals surface area (Å²) < 4.78 is 0. The van der Waals surface area contributed by atoms with Gasteiger partial charge >= 0.3 is 0 Å². The normalized spacial score (nSPS) is 11.8. The molecule has 0 bridgehead atoms. The second-order valence-electron chi connectivity index (χ2n) is 3.83. The van der Waals surface area contributed by atoms with Gasteiger partial charge in [0, 0.05) is 22.3 Å². The summed E-state index contributed by atoms with van der Waals surface area (Å²) in [5.41, 5.74) is 1.36. The van der Waals surface area contributed by atoms with E-state index in [0.717, 1.165) is 6.54 Å². The number of aryl methyl sites for hydroxylation is 2. The van der Waals surface area contributed by atoms with Gasteiger partial charge in [0.25, 0.3) is 0 Å². The molecule has 0 amide bonds. The Hall–Kier alpha value is -0.600. The van der Waals surface area contributed by atoms with E-state index < -0.39 is 0 Å². The first kappa shape index (κ1) is 11.5. The Labute approximate surface area is 90.9 Å². The summed E-state index contributed by atoms with van der Waals surface area (Å²) in [6, 6.07) is 2.80. The van der Waals surface area contributed by atoms with Crippen LogP contribution in [0.5, 0.6) is 0 Å². The molecule has 0 aliphatic rings. The second-order valence-corrected chi connectivity index (χ2v) is 5.29. The zero-order valence-corrected chi connectivity index (χ0v) is 10.2. The van der Waals surface area contributed by atoms with Gasteiger partial charge in [0.1, 0.15) is 0 Å². The van der Waals surface area contributed by atoms with Crippen LogP contribution in [0.4, 0.5) is 0 Å². The summed E-state index contributed by atoms with van der Waals surface area (Å²) in [5, 5.41) is 3.36. The van der Waals surface area contributed by atoms with Gasteiger partial charge in [-0.2, -0.15) is 0 Å². The van der Waals surface area contributed by atoms with E-state index >= 15 is 0 Å². The minimum absolute atomic E-state index is 0.560. The van der Waals surface area contributed by atoms with Crippen LogP contribution in [-0.2, 0) is 0 Å². The molecule has 0 saturated heterocycles. The molecule has 14 heavy (non-hydrogen) atoms. The van der Waals surface area contributed by atoms with Gasteiger partial charge in [0.05, 0.1) is 0 Å². The van der Waals surface area contributed by atoms with E-state index in [2.05, 4.69) is 51.2 Å². The van der Waals surface area contributed by atoms with Crippen LogP contribution in [0.25, 0.3) is 6.08 Å². The van der Waals surface area contributed by atoms with E-state index in [4.69, 9.17) is 0 Å². The fourth-order valence-corrected chi connectivity index (χ4v) is 2.22. The maximum Gasteiger partial charge on any atom is 0.0140 e. The molecular formula is C12H19NS. The van der Waals surface area contributed by atoms with Crippen molar-refractivity contribution in [2.24, 2.45) is 0 Å². The molecule has 1 N–H and O–H groups in total. The first-order valence-corrected chi connectivity index (χ1v) is 5.88. The summed E-state index contributed by atoms with van der Waals surface area (Å²) in [6.45, 7) is 9.60. The minimum Gasteiger partial charge on any atom is -0.311 e. The van der Waals surface area contributed by atoms with Crippen molar-refractivity contribution < 1.29 is 0 Å². The molecule has 0 saturated carbocycles.